The fourth-order valence-corrected chi connectivity index (χ4v) is 3.82. The zero-order valence-electron chi connectivity index (χ0n) is 10.4. The van der Waals surface area contributed by atoms with Gasteiger partial charge in [0, 0.05) is 11.4 Å². The highest BCUT2D eigenvalue weighted by Crippen LogP contribution is 2.15. The molecule has 1 aromatic rings. The molecule has 0 spiro atoms. The predicted molar refractivity (Wildman–Crippen MR) is 73.8 cm³/mol. The Kier molecular flexibility index (Phi) is 5.75. The van der Waals surface area contributed by atoms with E-state index in [0.29, 0.717) is 5.92 Å². The van der Waals surface area contributed by atoms with Crippen LogP contribution in [0.1, 0.15) is 20.3 Å². The molecule has 0 aromatic heterocycles. The fourth-order valence-electron chi connectivity index (χ4n) is 1.54. The zero-order chi connectivity index (χ0) is 13.8. The van der Waals surface area contributed by atoms with Crippen LogP contribution in [-0.4, -0.2) is 19.8 Å². The summed E-state index contributed by atoms with van der Waals surface area (Å²) in [5.74, 6) is -0.271. The lowest BCUT2D eigenvalue weighted by molar-refractivity contribution is 0.541. The molecular weight excluding hydrogens is 321 g/mol. The lowest BCUT2D eigenvalue weighted by Gasteiger charge is -2.13. The molecule has 0 aliphatic carbocycles. The lowest BCUT2D eigenvalue weighted by atomic mass is 10.1. The van der Waals surface area contributed by atoms with Gasteiger partial charge in [0.15, 0.2) is 0 Å². The molecule has 6 heteroatoms. The van der Waals surface area contributed by atoms with Gasteiger partial charge < -0.3 is 0 Å². The van der Waals surface area contributed by atoms with Crippen molar-refractivity contribution < 1.29 is 12.8 Å². The van der Waals surface area contributed by atoms with Gasteiger partial charge >= 0.3 is 0 Å². The molecule has 0 aliphatic heterocycles. The topological polar surface area (TPSA) is 46.2 Å². The maximum atomic E-state index is 13.4. The highest BCUT2D eigenvalue weighted by Gasteiger charge is 2.19. The maximum absolute atomic E-state index is 13.4. The van der Waals surface area contributed by atoms with Crippen LogP contribution in [0.25, 0.3) is 0 Å². The van der Waals surface area contributed by atoms with Crippen molar-refractivity contribution in [2.75, 3.05) is 6.54 Å². The van der Waals surface area contributed by atoms with Gasteiger partial charge in [-0.2, -0.15) is 0 Å². The van der Waals surface area contributed by atoms with Crippen molar-refractivity contribution in [1.29, 1.82) is 0 Å². The molecule has 1 rings (SSSR count). The van der Waals surface area contributed by atoms with Gasteiger partial charge in [-0.1, -0.05) is 41.9 Å². The van der Waals surface area contributed by atoms with Gasteiger partial charge in [0.2, 0.25) is 10.0 Å². The van der Waals surface area contributed by atoms with Crippen LogP contribution in [0.5, 0.6) is 0 Å². The molecule has 0 fully saturated rings. The minimum Gasteiger partial charge on any atom is -0.210 e. The Morgan fingerprint density at radius 2 is 1.94 bits per heavy atom. The first-order valence-corrected chi connectivity index (χ1v) is 8.11. The summed E-state index contributed by atoms with van der Waals surface area (Å²) in [6.07, 6.45) is 0.847. The highest BCUT2D eigenvalue weighted by atomic mass is 79.9. The highest BCUT2D eigenvalue weighted by molar-refractivity contribution is 9.09. The molecule has 0 aliphatic rings. The molecule has 1 atom stereocenters. The summed E-state index contributed by atoms with van der Waals surface area (Å²) in [5, 5.41) is 0. The molecule has 3 nitrogen and oxygen atoms in total. The van der Waals surface area contributed by atoms with E-state index in [1.807, 2.05) is 0 Å². The van der Waals surface area contributed by atoms with Gasteiger partial charge in [-0.05, 0) is 24.5 Å². The fraction of sp³-hybridized carbons (Fsp3) is 0.500. The number of hydrogen-bond acceptors (Lipinski definition) is 2. The van der Waals surface area contributed by atoms with E-state index in [0.717, 1.165) is 12.5 Å². The molecule has 0 saturated carbocycles. The van der Waals surface area contributed by atoms with Crippen LogP contribution in [0.4, 0.5) is 4.39 Å². The first kappa shape index (κ1) is 15.6. The van der Waals surface area contributed by atoms with Gasteiger partial charge in [-0.25, -0.2) is 17.5 Å². The summed E-state index contributed by atoms with van der Waals surface area (Å²) < 4.78 is 39.5. The quantitative estimate of drug-likeness (QED) is 0.811. The third-order valence-corrected chi connectivity index (χ3v) is 4.50. The SMILES string of the molecule is CC(C)CC(Br)CNS(=O)(=O)c1ccccc1F. The van der Waals surface area contributed by atoms with Crippen LogP contribution in [0.2, 0.25) is 0 Å². The Balaban J connectivity index is 2.69. The molecule has 0 radical (unpaired) electrons. The summed E-state index contributed by atoms with van der Waals surface area (Å²) in [6, 6.07) is 5.34. The minimum absolute atomic E-state index is 0.0408. The monoisotopic (exact) mass is 337 g/mol. The van der Waals surface area contributed by atoms with Crippen LogP contribution in [0, 0.1) is 11.7 Å². The number of rotatable bonds is 6. The smallest absolute Gasteiger partial charge is 0.210 e. The van der Waals surface area contributed by atoms with E-state index in [1.54, 1.807) is 0 Å². The number of sulfonamides is 1. The molecule has 1 aromatic carbocycles. The largest absolute Gasteiger partial charge is 0.243 e. The molecular formula is C12H17BrFNO2S. The average molecular weight is 338 g/mol. The zero-order valence-corrected chi connectivity index (χ0v) is 12.8. The molecule has 0 saturated heterocycles. The minimum atomic E-state index is -3.78. The Bertz CT molecular complexity index is 491. The standard InChI is InChI=1S/C12H17BrFNO2S/c1-9(2)7-10(13)8-15-18(16,17)12-6-4-3-5-11(12)14/h3-6,9-10,15H,7-8H2,1-2H3. The van der Waals surface area contributed by atoms with Crippen LogP contribution in [0.3, 0.4) is 0 Å². The second-order valence-electron chi connectivity index (χ2n) is 4.51. The van der Waals surface area contributed by atoms with Gasteiger partial charge in [-0.15, -0.1) is 0 Å². The first-order valence-electron chi connectivity index (χ1n) is 5.71. The van der Waals surface area contributed by atoms with Crippen LogP contribution in [0.15, 0.2) is 29.2 Å². The maximum Gasteiger partial charge on any atom is 0.243 e. The number of benzene rings is 1. The van der Waals surface area contributed by atoms with E-state index in [-0.39, 0.29) is 16.3 Å². The predicted octanol–water partition coefficient (Wildman–Crippen LogP) is 2.91. The average Bonchev–Trinajstić information content (AvgIpc) is 2.26. The van der Waals surface area contributed by atoms with Gasteiger partial charge in [-0.3, -0.25) is 0 Å². The second-order valence-corrected chi connectivity index (χ2v) is 7.54. The summed E-state index contributed by atoms with van der Waals surface area (Å²) in [5.41, 5.74) is 0. The van der Waals surface area contributed by atoms with Crippen molar-refractivity contribution in [2.24, 2.45) is 5.92 Å². The molecule has 18 heavy (non-hydrogen) atoms. The Morgan fingerprint density at radius 3 is 2.50 bits per heavy atom. The molecule has 1 N–H and O–H groups in total. The Morgan fingerprint density at radius 1 is 1.33 bits per heavy atom. The van der Waals surface area contributed by atoms with Crippen molar-refractivity contribution in [3.63, 3.8) is 0 Å². The first-order chi connectivity index (χ1) is 8.33. The van der Waals surface area contributed by atoms with Crippen molar-refractivity contribution in [3.05, 3.63) is 30.1 Å². The molecule has 0 bridgehead atoms. The molecule has 0 heterocycles. The van der Waals surface area contributed by atoms with Gasteiger partial charge in [0.25, 0.3) is 0 Å². The van der Waals surface area contributed by atoms with Gasteiger partial charge in [0.1, 0.15) is 10.7 Å². The van der Waals surface area contributed by atoms with Gasteiger partial charge in [0.05, 0.1) is 0 Å². The molecule has 1 unspecified atom stereocenters. The summed E-state index contributed by atoms with van der Waals surface area (Å²) in [6.45, 7) is 4.36. The van der Waals surface area contributed by atoms with E-state index in [9.17, 15) is 12.8 Å². The van der Waals surface area contributed by atoms with Crippen molar-refractivity contribution in [2.45, 2.75) is 30.0 Å². The van der Waals surface area contributed by atoms with Crippen LogP contribution >= 0.6 is 15.9 Å². The third kappa shape index (κ3) is 4.66. The summed E-state index contributed by atoms with van der Waals surface area (Å²) in [7, 11) is -3.78. The van der Waals surface area contributed by atoms with E-state index in [1.165, 1.54) is 18.2 Å². The van der Waals surface area contributed by atoms with E-state index in [4.69, 9.17) is 0 Å². The number of nitrogens with one attached hydrogen (secondary N) is 1. The van der Waals surface area contributed by atoms with Crippen molar-refractivity contribution in [3.8, 4) is 0 Å². The number of hydrogen-bond donors (Lipinski definition) is 1. The lowest BCUT2D eigenvalue weighted by Crippen LogP contribution is -2.30. The van der Waals surface area contributed by atoms with E-state index < -0.39 is 15.8 Å². The van der Waals surface area contributed by atoms with E-state index >= 15 is 0 Å². The van der Waals surface area contributed by atoms with Crippen molar-refractivity contribution >= 4 is 26.0 Å². The Labute approximate surface area is 116 Å². The summed E-state index contributed by atoms with van der Waals surface area (Å²) >= 11 is 3.40. The van der Waals surface area contributed by atoms with Crippen LogP contribution in [-0.2, 0) is 10.0 Å². The summed E-state index contributed by atoms with van der Waals surface area (Å²) in [4.78, 5) is -0.270. The second kappa shape index (κ2) is 6.63. The van der Waals surface area contributed by atoms with Crippen LogP contribution < -0.4 is 4.72 Å². The number of alkyl halides is 1. The van der Waals surface area contributed by atoms with Crippen molar-refractivity contribution in [1.82, 2.24) is 4.72 Å². The normalized spacial score (nSPS) is 13.8. The third-order valence-electron chi connectivity index (χ3n) is 2.35. The Hall–Kier alpha value is -0.460. The van der Waals surface area contributed by atoms with E-state index in [2.05, 4.69) is 34.5 Å². The number of halogens is 2. The molecule has 102 valence electrons. The molecule has 0 amide bonds.